The van der Waals surface area contributed by atoms with Crippen molar-refractivity contribution in [1.82, 2.24) is 13.9 Å². The zero-order valence-electron chi connectivity index (χ0n) is 15.1. The van der Waals surface area contributed by atoms with Crippen molar-refractivity contribution in [3.8, 4) is 5.75 Å². The topological polar surface area (TPSA) is 79.0 Å². The van der Waals surface area contributed by atoms with Crippen LogP contribution in [0.4, 0.5) is 0 Å². The van der Waals surface area contributed by atoms with E-state index in [0.29, 0.717) is 39.0 Å². The molecule has 7 nitrogen and oxygen atoms in total. The predicted molar refractivity (Wildman–Crippen MR) is 96.7 cm³/mol. The Morgan fingerprint density at radius 3 is 2.36 bits per heavy atom. The van der Waals surface area contributed by atoms with Gasteiger partial charge in [0.1, 0.15) is 5.75 Å². The number of hydrogen-bond acceptors (Lipinski definition) is 4. The van der Waals surface area contributed by atoms with Gasteiger partial charge >= 0.3 is 0 Å². The summed E-state index contributed by atoms with van der Waals surface area (Å²) in [7, 11) is -0.429. The highest BCUT2D eigenvalue weighted by molar-refractivity contribution is 7.87. The molecule has 25 heavy (non-hydrogen) atoms. The molecule has 0 aromatic heterocycles. The quantitative estimate of drug-likeness (QED) is 0.778. The highest BCUT2D eigenvalue weighted by Gasteiger charge is 2.26. The summed E-state index contributed by atoms with van der Waals surface area (Å²) in [5.41, 5.74) is 0.948. The molecule has 1 fully saturated rings. The largest absolute Gasteiger partial charge is 0.494 e. The molecule has 0 aliphatic carbocycles. The minimum atomic E-state index is -3.42. The van der Waals surface area contributed by atoms with Crippen LogP contribution in [0.25, 0.3) is 0 Å². The summed E-state index contributed by atoms with van der Waals surface area (Å²) in [6.07, 6.45) is 1.60. The van der Waals surface area contributed by atoms with Crippen LogP contribution in [0.15, 0.2) is 24.3 Å². The molecule has 1 saturated heterocycles. The number of nitrogens with zero attached hydrogens (tertiary/aromatic N) is 2. The van der Waals surface area contributed by atoms with E-state index in [1.165, 1.54) is 14.1 Å². The molecule has 0 saturated carbocycles. The number of carbonyl (C=O) groups excluding carboxylic acids is 1. The van der Waals surface area contributed by atoms with E-state index in [0.717, 1.165) is 15.6 Å². The molecule has 0 unspecified atom stereocenters. The smallest absolute Gasteiger partial charge is 0.279 e. The van der Waals surface area contributed by atoms with Gasteiger partial charge in [-0.25, -0.2) is 0 Å². The van der Waals surface area contributed by atoms with Crippen LogP contribution in [0.1, 0.15) is 25.3 Å². The maximum absolute atomic E-state index is 12.4. The van der Waals surface area contributed by atoms with Gasteiger partial charge in [-0.2, -0.15) is 17.4 Å². The Bertz CT molecular complexity index is 666. The highest BCUT2D eigenvalue weighted by atomic mass is 32.2. The molecule has 1 amide bonds. The third kappa shape index (κ3) is 5.69. The van der Waals surface area contributed by atoms with Gasteiger partial charge in [-0.3, -0.25) is 4.79 Å². The van der Waals surface area contributed by atoms with E-state index < -0.39 is 10.2 Å². The Hall–Kier alpha value is -1.64. The van der Waals surface area contributed by atoms with Crippen molar-refractivity contribution in [1.29, 1.82) is 0 Å². The van der Waals surface area contributed by atoms with Crippen LogP contribution in [-0.2, 0) is 21.4 Å². The molecule has 0 radical (unpaired) electrons. The van der Waals surface area contributed by atoms with Gasteiger partial charge in [0.2, 0.25) is 5.91 Å². The van der Waals surface area contributed by atoms with Gasteiger partial charge in [0.25, 0.3) is 10.2 Å². The monoisotopic (exact) mass is 369 g/mol. The fourth-order valence-electron chi connectivity index (χ4n) is 2.72. The molecule has 1 aromatic carbocycles. The summed E-state index contributed by atoms with van der Waals surface area (Å²) >= 11 is 0. The summed E-state index contributed by atoms with van der Waals surface area (Å²) in [6.45, 7) is 3.68. The van der Waals surface area contributed by atoms with Crippen LogP contribution in [-0.4, -0.2) is 63.4 Å². The van der Waals surface area contributed by atoms with Crippen LogP contribution in [0.3, 0.4) is 0 Å². The first-order valence-corrected chi connectivity index (χ1v) is 9.95. The van der Waals surface area contributed by atoms with Gasteiger partial charge in [0.15, 0.2) is 0 Å². The molecule has 1 aliphatic rings. The van der Waals surface area contributed by atoms with Crippen LogP contribution in [0, 0.1) is 0 Å². The Balaban J connectivity index is 1.83. The lowest BCUT2D eigenvalue weighted by atomic mass is 10.0. The Morgan fingerprint density at radius 1 is 1.24 bits per heavy atom. The van der Waals surface area contributed by atoms with Crippen LogP contribution in [0.5, 0.6) is 5.75 Å². The van der Waals surface area contributed by atoms with Crippen LogP contribution < -0.4 is 9.46 Å². The molecular weight excluding hydrogens is 342 g/mol. The second-order valence-electron chi connectivity index (χ2n) is 6.31. The zero-order valence-corrected chi connectivity index (χ0v) is 15.9. The SMILES string of the molecule is CCOc1ccc(CC(=O)N2CCC(NS(=O)(=O)N(C)C)CC2)cc1. The van der Waals surface area contributed by atoms with Crippen molar-refractivity contribution >= 4 is 16.1 Å². The van der Waals surface area contributed by atoms with E-state index in [1.807, 2.05) is 31.2 Å². The maximum Gasteiger partial charge on any atom is 0.279 e. The number of likely N-dealkylation sites (tertiary alicyclic amines) is 1. The molecule has 1 aliphatic heterocycles. The number of ether oxygens (including phenoxy) is 1. The van der Waals surface area contributed by atoms with E-state index in [1.54, 1.807) is 4.90 Å². The minimum Gasteiger partial charge on any atom is -0.494 e. The van der Waals surface area contributed by atoms with Crippen molar-refractivity contribution in [2.45, 2.75) is 32.2 Å². The van der Waals surface area contributed by atoms with Crippen molar-refractivity contribution in [2.24, 2.45) is 0 Å². The van der Waals surface area contributed by atoms with Crippen molar-refractivity contribution in [2.75, 3.05) is 33.8 Å². The fraction of sp³-hybridized carbons (Fsp3) is 0.588. The molecule has 8 heteroatoms. The lowest BCUT2D eigenvalue weighted by Gasteiger charge is -2.32. The number of benzene rings is 1. The third-order valence-electron chi connectivity index (χ3n) is 4.23. The number of carbonyl (C=O) groups is 1. The lowest BCUT2D eigenvalue weighted by molar-refractivity contribution is -0.131. The summed E-state index contributed by atoms with van der Waals surface area (Å²) in [5.74, 6) is 0.866. The first kappa shape index (κ1) is 19.7. The summed E-state index contributed by atoms with van der Waals surface area (Å²) in [4.78, 5) is 14.2. The molecule has 0 spiro atoms. The number of amides is 1. The lowest BCUT2D eigenvalue weighted by Crippen LogP contribution is -2.49. The standard InChI is InChI=1S/C17H27N3O4S/c1-4-24-16-7-5-14(6-8-16)13-17(21)20-11-9-15(10-12-20)18-25(22,23)19(2)3/h5-8,15,18H,4,9-13H2,1-3H3. The van der Waals surface area contributed by atoms with E-state index in [2.05, 4.69) is 4.72 Å². The van der Waals surface area contributed by atoms with Crippen LogP contribution in [0.2, 0.25) is 0 Å². The van der Waals surface area contributed by atoms with E-state index >= 15 is 0 Å². The third-order valence-corrected chi connectivity index (χ3v) is 5.83. The Labute approximate surface area is 150 Å². The number of piperidine rings is 1. The minimum absolute atomic E-state index is 0.0677. The second kappa shape index (κ2) is 8.64. The van der Waals surface area contributed by atoms with E-state index in [4.69, 9.17) is 4.74 Å². The number of nitrogens with one attached hydrogen (secondary N) is 1. The molecule has 140 valence electrons. The molecule has 1 N–H and O–H groups in total. The summed E-state index contributed by atoms with van der Waals surface area (Å²) in [6, 6.07) is 7.42. The normalized spacial score (nSPS) is 16.2. The van der Waals surface area contributed by atoms with E-state index in [-0.39, 0.29) is 11.9 Å². The van der Waals surface area contributed by atoms with Gasteiger partial charge < -0.3 is 9.64 Å². The molecule has 1 aromatic rings. The fourth-order valence-corrected chi connectivity index (χ4v) is 3.59. The highest BCUT2D eigenvalue weighted by Crippen LogP contribution is 2.16. The molecule has 2 rings (SSSR count). The Morgan fingerprint density at radius 2 is 1.84 bits per heavy atom. The first-order valence-electron chi connectivity index (χ1n) is 8.51. The average molecular weight is 369 g/mol. The van der Waals surface area contributed by atoms with Crippen LogP contribution >= 0.6 is 0 Å². The average Bonchev–Trinajstić information content (AvgIpc) is 2.57. The van der Waals surface area contributed by atoms with Gasteiger partial charge in [0, 0.05) is 33.2 Å². The Kier molecular flexibility index (Phi) is 6.80. The second-order valence-corrected chi connectivity index (χ2v) is 8.23. The van der Waals surface area contributed by atoms with E-state index in [9.17, 15) is 13.2 Å². The first-order chi connectivity index (χ1) is 11.8. The predicted octanol–water partition coefficient (Wildman–Crippen LogP) is 1.01. The summed E-state index contributed by atoms with van der Waals surface area (Å²) in [5, 5.41) is 0. The van der Waals surface area contributed by atoms with Crippen molar-refractivity contribution in [3.05, 3.63) is 29.8 Å². The van der Waals surface area contributed by atoms with Gasteiger partial charge in [-0.05, 0) is 37.5 Å². The van der Waals surface area contributed by atoms with Gasteiger partial charge in [-0.15, -0.1) is 0 Å². The zero-order chi connectivity index (χ0) is 18.4. The van der Waals surface area contributed by atoms with Crippen molar-refractivity contribution < 1.29 is 17.9 Å². The molecule has 1 heterocycles. The number of rotatable bonds is 7. The van der Waals surface area contributed by atoms with Crippen molar-refractivity contribution in [3.63, 3.8) is 0 Å². The maximum atomic E-state index is 12.4. The summed E-state index contributed by atoms with van der Waals surface area (Å²) < 4.78 is 32.9. The number of hydrogen-bond donors (Lipinski definition) is 1. The molecule has 0 bridgehead atoms. The van der Waals surface area contributed by atoms with Gasteiger partial charge in [0.05, 0.1) is 13.0 Å². The molecule has 0 atom stereocenters. The molecular formula is C17H27N3O4S. The van der Waals surface area contributed by atoms with Gasteiger partial charge in [-0.1, -0.05) is 12.1 Å².